The monoisotopic (exact) mass is 490 g/mol. The highest BCUT2D eigenvalue weighted by atomic mass is 32.2. The molecule has 9 heteroatoms. The van der Waals surface area contributed by atoms with Gasteiger partial charge in [0.1, 0.15) is 0 Å². The Morgan fingerprint density at radius 1 is 1.12 bits per heavy atom. The third kappa shape index (κ3) is 5.67. The van der Waals surface area contributed by atoms with Gasteiger partial charge in [-0.3, -0.25) is 19.9 Å². The molecule has 172 valence electrons. The van der Waals surface area contributed by atoms with E-state index in [0.717, 1.165) is 42.6 Å². The first kappa shape index (κ1) is 23.6. The van der Waals surface area contributed by atoms with Gasteiger partial charge in [0.15, 0.2) is 4.34 Å². The zero-order valence-electron chi connectivity index (χ0n) is 18.9. The van der Waals surface area contributed by atoms with Gasteiger partial charge in [0, 0.05) is 24.0 Å². The minimum atomic E-state index is -0.428. The Morgan fingerprint density at radius 3 is 2.50 bits per heavy atom. The number of carbonyl (C=O) groups is 1. The van der Waals surface area contributed by atoms with E-state index in [9.17, 15) is 14.9 Å². The summed E-state index contributed by atoms with van der Waals surface area (Å²) in [5, 5.41) is 13.8. The highest BCUT2D eigenvalue weighted by molar-refractivity contribution is 8.01. The van der Waals surface area contributed by atoms with Crippen LogP contribution in [0.15, 0.2) is 63.9 Å². The second-order valence-corrected chi connectivity index (χ2v) is 10.1. The lowest BCUT2D eigenvalue weighted by Gasteiger charge is -2.12. The molecule has 4 rings (SSSR count). The van der Waals surface area contributed by atoms with Crippen molar-refractivity contribution in [3.8, 4) is 0 Å². The zero-order valence-corrected chi connectivity index (χ0v) is 20.5. The molecule has 0 radical (unpaired) electrons. The number of amides is 1. The number of hydrogen-bond donors (Lipinski definition) is 1. The predicted molar refractivity (Wildman–Crippen MR) is 140 cm³/mol. The maximum atomic E-state index is 12.5. The maximum Gasteiger partial charge on any atom is 0.269 e. The number of aryl methyl sites for hydroxylation is 3. The van der Waals surface area contributed by atoms with E-state index in [1.165, 1.54) is 40.8 Å². The van der Waals surface area contributed by atoms with Crippen LogP contribution in [0.4, 0.5) is 17.1 Å². The number of thiazole rings is 1. The Hall–Kier alpha value is -3.56. The minimum Gasteiger partial charge on any atom is -0.325 e. The highest BCUT2D eigenvalue weighted by Gasteiger charge is 2.11. The lowest BCUT2D eigenvalue weighted by Crippen LogP contribution is -2.15. The SMILES string of the molecule is Cc1cc(C)c(NC(=O)CSc2nc3ccc(N=Cc4ccc([N+](=O)[O-])cc4)cc3s2)c(C)c1. The Bertz CT molecular complexity index is 1390. The van der Waals surface area contributed by atoms with E-state index >= 15 is 0 Å². The fourth-order valence-electron chi connectivity index (χ4n) is 3.55. The number of nitro benzene ring substituents is 1. The molecule has 0 fully saturated rings. The van der Waals surface area contributed by atoms with Crippen LogP contribution in [0.25, 0.3) is 10.2 Å². The maximum absolute atomic E-state index is 12.5. The molecule has 0 aliphatic carbocycles. The standard InChI is InChI=1S/C25H22N4O3S2/c1-15-10-16(2)24(17(3)11-15)28-23(30)14-33-25-27-21-9-6-19(12-22(21)34-25)26-13-18-4-7-20(8-5-18)29(31)32/h4-13H,14H2,1-3H3,(H,28,30). The van der Waals surface area contributed by atoms with E-state index in [-0.39, 0.29) is 17.3 Å². The average Bonchev–Trinajstić information content (AvgIpc) is 3.21. The molecule has 0 atom stereocenters. The number of non-ortho nitro benzene ring substituents is 1. The molecule has 0 bridgehead atoms. The largest absolute Gasteiger partial charge is 0.325 e. The number of hydrogen-bond acceptors (Lipinski definition) is 7. The van der Waals surface area contributed by atoms with E-state index in [4.69, 9.17) is 0 Å². The molecule has 0 aliphatic heterocycles. The summed E-state index contributed by atoms with van der Waals surface area (Å²) < 4.78 is 1.80. The van der Waals surface area contributed by atoms with Crippen molar-refractivity contribution in [2.75, 3.05) is 11.1 Å². The summed E-state index contributed by atoms with van der Waals surface area (Å²) in [6.07, 6.45) is 1.67. The number of nitrogens with one attached hydrogen (secondary N) is 1. The van der Waals surface area contributed by atoms with Gasteiger partial charge in [-0.05, 0) is 67.8 Å². The van der Waals surface area contributed by atoms with Crippen LogP contribution < -0.4 is 5.32 Å². The first-order valence-corrected chi connectivity index (χ1v) is 12.3. The average molecular weight is 491 g/mol. The fraction of sp³-hybridized carbons (Fsp3) is 0.160. The van der Waals surface area contributed by atoms with Crippen molar-refractivity contribution >= 4 is 62.5 Å². The molecule has 1 aromatic heterocycles. The highest BCUT2D eigenvalue weighted by Crippen LogP contribution is 2.32. The van der Waals surface area contributed by atoms with Crippen LogP contribution in [0.1, 0.15) is 22.3 Å². The van der Waals surface area contributed by atoms with Gasteiger partial charge in [-0.2, -0.15) is 0 Å². The summed E-state index contributed by atoms with van der Waals surface area (Å²) in [5.41, 5.74) is 6.59. The Kier molecular flexibility index (Phi) is 7.04. The molecule has 7 nitrogen and oxygen atoms in total. The van der Waals surface area contributed by atoms with Crippen LogP contribution in [-0.2, 0) is 4.79 Å². The number of rotatable bonds is 7. The fourth-order valence-corrected chi connectivity index (χ4v) is 5.45. The van der Waals surface area contributed by atoms with Crippen LogP contribution in [-0.4, -0.2) is 27.8 Å². The van der Waals surface area contributed by atoms with Crippen molar-refractivity contribution in [2.24, 2.45) is 4.99 Å². The van der Waals surface area contributed by atoms with Crippen molar-refractivity contribution in [2.45, 2.75) is 25.1 Å². The van der Waals surface area contributed by atoms with E-state index in [2.05, 4.69) is 27.4 Å². The van der Waals surface area contributed by atoms with Crippen molar-refractivity contribution in [1.82, 2.24) is 4.98 Å². The van der Waals surface area contributed by atoms with Gasteiger partial charge in [-0.1, -0.05) is 29.5 Å². The molecule has 1 N–H and O–H groups in total. The van der Waals surface area contributed by atoms with Crippen LogP contribution >= 0.6 is 23.1 Å². The molecule has 1 amide bonds. The Morgan fingerprint density at radius 2 is 1.82 bits per heavy atom. The second-order valence-electron chi connectivity index (χ2n) is 7.85. The molecular formula is C25H22N4O3S2. The van der Waals surface area contributed by atoms with Crippen molar-refractivity contribution < 1.29 is 9.72 Å². The van der Waals surface area contributed by atoms with E-state index in [1.807, 2.05) is 39.0 Å². The number of nitro groups is 1. The van der Waals surface area contributed by atoms with Crippen molar-refractivity contribution in [3.63, 3.8) is 0 Å². The Balaban J connectivity index is 1.40. The summed E-state index contributed by atoms with van der Waals surface area (Å²) in [4.78, 5) is 31.9. The van der Waals surface area contributed by atoms with Gasteiger partial charge in [-0.25, -0.2) is 4.98 Å². The smallest absolute Gasteiger partial charge is 0.269 e. The summed E-state index contributed by atoms with van der Waals surface area (Å²) in [7, 11) is 0. The van der Waals surface area contributed by atoms with Crippen LogP contribution in [0.5, 0.6) is 0 Å². The van der Waals surface area contributed by atoms with Crippen LogP contribution in [0.3, 0.4) is 0 Å². The normalized spacial score (nSPS) is 11.3. The zero-order chi connectivity index (χ0) is 24.2. The Labute approximate surface area is 205 Å². The third-order valence-corrected chi connectivity index (χ3v) is 7.25. The molecule has 34 heavy (non-hydrogen) atoms. The molecule has 0 saturated heterocycles. The van der Waals surface area contributed by atoms with Crippen LogP contribution in [0.2, 0.25) is 0 Å². The van der Waals surface area contributed by atoms with Crippen LogP contribution in [0, 0.1) is 30.9 Å². The summed E-state index contributed by atoms with van der Waals surface area (Å²) >= 11 is 2.93. The van der Waals surface area contributed by atoms with E-state index in [0.29, 0.717) is 0 Å². The van der Waals surface area contributed by atoms with Gasteiger partial charge >= 0.3 is 0 Å². The number of benzene rings is 3. The number of fused-ring (bicyclic) bond motifs is 1. The summed E-state index contributed by atoms with van der Waals surface area (Å²) in [6, 6.07) is 16.1. The molecule has 0 aliphatic rings. The number of aliphatic imine (C=N–C) groups is 1. The molecule has 3 aromatic carbocycles. The summed E-state index contributed by atoms with van der Waals surface area (Å²) in [6.45, 7) is 6.04. The van der Waals surface area contributed by atoms with Gasteiger partial charge in [0.05, 0.1) is 26.6 Å². The second kappa shape index (κ2) is 10.1. The molecule has 0 unspecified atom stereocenters. The summed E-state index contributed by atoms with van der Waals surface area (Å²) in [5.74, 6) is 0.213. The van der Waals surface area contributed by atoms with Crippen molar-refractivity contribution in [3.05, 3.63) is 87.0 Å². The molecule has 0 spiro atoms. The number of thioether (sulfide) groups is 1. The first-order chi connectivity index (χ1) is 16.3. The van der Waals surface area contributed by atoms with E-state index < -0.39 is 4.92 Å². The molecular weight excluding hydrogens is 468 g/mol. The number of carbonyl (C=O) groups excluding carboxylic acids is 1. The molecule has 4 aromatic rings. The topological polar surface area (TPSA) is 97.5 Å². The van der Waals surface area contributed by atoms with Gasteiger partial charge in [-0.15, -0.1) is 11.3 Å². The quantitative estimate of drug-likeness (QED) is 0.136. The first-order valence-electron chi connectivity index (χ1n) is 10.5. The number of anilines is 1. The minimum absolute atomic E-state index is 0.0473. The van der Waals surface area contributed by atoms with Gasteiger partial charge < -0.3 is 5.32 Å². The van der Waals surface area contributed by atoms with Crippen molar-refractivity contribution in [1.29, 1.82) is 0 Å². The molecule has 0 saturated carbocycles. The van der Waals surface area contributed by atoms with Gasteiger partial charge in [0.2, 0.25) is 5.91 Å². The molecule has 1 heterocycles. The lowest BCUT2D eigenvalue weighted by molar-refractivity contribution is -0.384. The lowest BCUT2D eigenvalue weighted by atomic mass is 10.1. The van der Waals surface area contributed by atoms with Gasteiger partial charge in [0.25, 0.3) is 5.69 Å². The predicted octanol–water partition coefficient (Wildman–Crippen LogP) is 6.61. The number of nitrogens with zero attached hydrogens (tertiary/aromatic N) is 3. The third-order valence-electron chi connectivity index (χ3n) is 5.09. The van der Waals surface area contributed by atoms with E-state index in [1.54, 1.807) is 18.3 Å². The number of aromatic nitrogens is 1.